The van der Waals surface area contributed by atoms with Crippen LogP contribution < -0.4 is 11.1 Å². The van der Waals surface area contributed by atoms with Crippen molar-refractivity contribution in [2.45, 2.75) is 51.0 Å². The fourth-order valence-corrected chi connectivity index (χ4v) is 1.59. The summed E-state index contributed by atoms with van der Waals surface area (Å²) in [5.74, 6) is -0.992. The highest BCUT2D eigenvalue weighted by atomic mass is 16.5. The number of ether oxygens (including phenoxy) is 1. The molecule has 0 aliphatic carbocycles. The Morgan fingerprint density at radius 2 is 2.00 bits per heavy atom. The molecule has 0 saturated carbocycles. The zero-order valence-electron chi connectivity index (χ0n) is 12.0. The minimum Gasteiger partial charge on any atom is -0.480 e. The van der Waals surface area contributed by atoms with Gasteiger partial charge in [-0.1, -0.05) is 6.08 Å². The maximum atomic E-state index is 11.3. The average molecular weight is 286 g/mol. The van der Waals surface area contributed by atoms with Gasteiger partial charge in [-0.3, -0.25) is 4.79 Å². The lowest BCUT2D eigenvalue weighted by Gasteiger charge is -2.08. The van der Waals surface area contributed by atoms with Crippen LogP contribution in [-0.4, -0.2) is 36.4 Å². The molecule has 0 bridgehead atoms. The number of nitrogens with two attached hydrogens (primary N) is 1. The molecule has 6 heteroatoms. The minimum absolute atomic E-state index is 0.412. The van der Waals surface area contributed by atoms with Crippen molar-refractivity contribution in [3.8, 4) is 0 Å². The number of aliphatic carboxylic acids is 1. The molecule has 0 aromatic rings. The van der Waals surface area contributed by atoms with Gasteiger partial charge in [-0.15, -0.1) is 6.58 Å². The van der Waals surface area contributed by atoms with Crippen LogP contribution in [0.3, 0.4) is 0 Å². The second-order valence-corrected chi connectivity index (χ2v) is 4.64. The molecule has 0 unspecified atom stereocenters. The molecule has 0 rings (SSSR count). The molecule has 1 amide bonds. The van der Waals surface area contributed by atoms with Gasteiger partial charge >= 0.3 is 12.1 Å². The van der Waals surface area contributed by atoms with E-state index in [1.165, 1.54) is 0 Å². The highest BCUT2D eigenvalue weighted by Gasteiger charge is 2.10. The number of hydrogen-bond acceptors (Lipinski definition) is 4. The second-order valence-electron chi connectivity index (χ2n) is 4.64. The van der Waals surface area contributed by atoms with E-state index in [0.29, 0.717) is 32.4 Å². The molecule has 1 atom stereocenters. The van der Waals surface area contributed by atoms with Gasteiger partial charge in [0, 0.05) is 6.54 Å². The maximum Gasteiger partial charge on any atom is 0.407 e. The summed E-state index contributed by atoms with van der Waals surface area (Å²) in [6.45, 7) is 4.54. The summed E-state index contributed by atoms with van der Waals surface area (Å²) >= 11 is 0. The fourth-order valence-electron chi connectivity index (χ4n) is 1.59. The van der Waals surface area contributed by atoms with Gasteiger partial charge in [0.1, 0.15) is 6.04 Å². The highest BCUT2D eigenvalue weighted by Crippen LogP contribution is 2.01. The predicted octanol–water partition coefficient (Wildman–Crippen LogP) is 2.04. The second kappa shape index (κ2) is 12.5. The monoisotopic (exact) mass is 286 g/mol. The van der Waals surface area contributed by atoms with Crippen LogP contribution in [0.4, 0.5) is 4.79 Å². The van der Waals surface area contributed by atoms with Crippen molar-refractivity contribution in [2.75, 3.05) is 13.2 Å². The molecule has 0 heterocycles. The van der Waals surface area contributed by atoms with E-state index in [2.05, 4.69) is 11.9 Å². The number of amides is 1. The van der Waals surface area contributed by atoms with Crippen LogP contribution in [0.25, 0.3) is 0 Å². The highest BCUT2D eigenvalue weighted by molar-refractivity contribution is 5.72. The summed E-state index contributed by atoms with van der Waals surface area (Å²) in [6, 6.07) is -0.822. The Morgan fingerprint density at radius 3 is 2.65 bits per heavy atom. The van der Waals surface area contributed by atoms with Crippen molar-refractivity contribution < 1.29 is 19.4 Å². The smallest absolute Gasteiger partial charge is 0.407 e. The third kappa shape index (κ3) is 11.5. The lowest BCUT2D eigenvalue weighted by molar-refractivity contribution is -0.138. The number of nitrogens with one attached hydrogen (secondary N) is 1. The zero-order chi connectivity index (χ0) is 15.2. The van der Waals surface area contributed by atoms with E-state index in [1.54, 1.807) is 0 Å². The third-order valence-corrected chi connectivity index (χ3v) is 2.81. The third-order valence-electron chi connectivity index (χ3n) is 2.81. The number of rotatable bonds is 12. The first kappa shape index (κ1) is 18.4. The van der Waals surface area contributed by atoms with E-state index in [9.17, 15) is 9.59 Å². The van der Waals surface area contributed by atoms with E-state index >= 15 is 0 Å². The van der Waals surface area contributed by atoms with Crippen LogP contribution in [0.1, 0.15) is 44.9 Å². The minimum atomic E-state index is -0.992. The van der Waals surface area contributed by atoms with Crippen LogP contribution in [0.2, 0.25) is 0 Å². The first-order valence-electron chi connectivity index (χ1n) is 7.07. The van der Waals surface area contributed by atoms with E-state index in [-0.39, 0.29) is 0 Å². The molecule has 0 radical (unpaired) electrons. The van der Waals surface area contributed by atoms with Gasteiger partial charge in [-0.05, 0) is 44.9 Å². The van der Waals surface area contributed by atoms with Gasteiger partial charge in [-0.25, -0.2) is 4.79 Å². The molecule has 0 saturated heterocycles. The predicted molar refractivity (Wildman–Crippen MR) is 77.5 cm³/mol. The van der Waals surface area contributed by atoms with Crippen LogP contribution in [0, 0.1) is 0 Å². The number of unbranched alkanes of at least 4 members (excludes halogenated alkanes) is 4. The molecule has 0 spiro atoms. The first-order chi connectivity index (χ1) is 9.57. The molecule has 116 valence electrons. The fraction of sp³-hybridized carbons (Fsp3) is 0.714. The van der Waals surface area contributed by atoms with Gasteiger partial charge in [-0.2, -0.15) is 0 Å². The van der Waals surface area contributed by atoms with Crippen LogP contribution in [-0.2, 0) is 9.53 Å². The van der Waals surface area contributed by atoms with Gasteiger partial charge in [0.2, 0.25) is 0 Å². The SMILES string of the molecule is C=CCCCCCOC(=O)NCCCC[C@H](N)C(=O)O. The van der Waals surface area contributed by atoms with Crippen LogP contribution in [0.5, 0.6) is 0 Å². The van der Waals surface area contributed by atoms with Crippen molar-refractivity contribution in [3.63, 3.8) is 0 Å². The number of alkyl carbamates (subject to hydrolysis) is 1. The standard InChI is InChI=1S/C14H26N2O4/c1-2-3-4-5-8-11-20-14(19)16-10-7-6-9-12(15)13(17)18/h2,12H,1,3-11,15H2,(H,16,19)(H,17,18)/t12-/m0/s1. The quantitative estimate of drug-likeness (QED) is 0.376. The molecular weight excluding hydrogens is 260 g/mol. The lowest BCUT2D eigenvalue weighted by atomic mass is 10.1. The zero-order valence-corrected chi connectivity index (χ0v) is 12.0. The lowest BCUT2D eigenvalue weighted by Crippen LogP contribution is -2.30. The Bertz CT molecular complexity index is 295. The molecule has 0 fully saturated rings. The average Bonchev–Trinajstić information content (AvgIpc) is 2.41. The topological polar surface area (TPSA) is 102 Å². The maximum absolute atomic E-state index is 11.3. The summed E-state index contributed by atoms with van der Waals surface area (Å²) in [6.07, 6.45) is 7.16. The molecule has 0 aromatic carbocycles. The number of hydrogen-bond donors (Lipinski definition) is 3. The molecule has 0 aromatic heterocycles. The summed E-state index contributed by atoms with van der Waals surface area (Å²) < 4.78 is 4.99. The summed E-state index contributed by atoms with van der Waals surface area (Å²) in [5, 5.41) is 11.2. The molecule has 0 aliphatic rings. The Morgan fingerprint density at radius 1 is 1.25 bits per heavy atom. The van der Waals surface area contributed by atoms with Gasteiger partial charge in [0.15, 0.2) is 0 Å². The van der Waals surface area contributed by atoms with E-state index < -0.39 is 18.1 Å². The Hall–Kier alpha value is -1.56. The Balaban J connectivity index is 3.32. The van der Waals surface area contributed by atoms with Crippen LogP contribution >= 0.6 is 0 Å². The first-order valence-corrected chi connectivity index (χ1v) is 7.07. The molecule has 4 N–H and O–H groups in total. The largest absolute Gasteiger partial charge is 0.480 e. The van der Waals surface area contributed by atoms with E-state index in [4.69, 9.17) is 15.6 Å². The molecule has 0 aliphatic heterocycles. The number of carbonyl (C=O) groups excluding carboxylic acids is 1. The van der Waals surface area contributed by atoms with Crippen LogP contribution in [0.15, 0.2) is 12.7 Å². The summed E-state index contributed by atoms with van der Waals surface area (Å²) in [5.41, 5.74) is 5.36. The number of allylic oxidation sites excluding steroid dienone is 1. The Labute approximate surface area is 120 Å². The number of carbonyl (C=O) groups is 2. The Kier molecular flexibility index (Phi) is 11.5. The number of carboxylic acid groups (broad SMARTS) is 1. The van der Waals surface area contributed by atoms with Crippen molar-refractivity contribution in [1.29, 1.82) is 0 Å². The van der Waals surface area contributed by atoms with Gasteiger partial charge in [0.05, 0.1) is 6.61 Å². The molecular formula is C14H26N2O4. The van der Waals surface area contributed by atoms with E-state index in [0.717, 1.165) is 25.7 Å². The number of carboxylic acids is 1. The normalized spacial score (nSPS) is 11.7. The van der Waals surface area contributed by atoms with Crippen molar-refractivity contribution in [2.24, 2.45) is 5.73 Å². The summed E-state index contributed by atoms with van der Waals surface area (Å²) in [7, 11) is 0. The molecule has 6 nitrogen and oxygen atoms in total. The van der Waals surface area contributed by atoms with Gasteiger partial charge < -0.3 is 20.9 Å². The van der Waals surface area contributed by atoms with Gasteiger partial charge in [0.25, 0.3) is 0 Å². The molecule has 20 heavy (non-hydrogen) atoms. The van der Waals surface area contributed by atoms with E-state index in [1.807, 2.05) is 6.08 Å². The van der Waals surface area contributed by atoms with Crippen molar-refractivity contribution in [1.82, 2.24) is 5.32 Å². The van der Waals surface area contributed by atoms with Crippen molar-refractivity contribution in [3.05, 3.63) is 12.7 Å². The summed E-state index contributed by atoms with van der Waals surface area (Å²) in [4.78, 5) is 21.7. The van der Waals surface area contributed by atoms with Crippen molar-refractivity contribution >= 4 is 12.1 Å².